The van der Waals surface area contributed by atoms with Crippen LogP contribution in [-0.2, 0) is 11.3 Å². The molecule has 106 valence electrons. The van der Waals surface area contributed by atoms with Gasteiger partial charge in [0, 0.05) is 37.1 Å². The van der Waals surface area contributed by atoms with E-state index in [-0.39, 0.29) is 5.54 Å². The molecule has 19 heavy (non-hydrogen) atoms. The van der Waals surface area contributed by atoms with Gasteiger partial charge in [-0.2, -0.15) is 0 Å². The number of nitrogens with one attached hydrogen (secondary N) is 1. The quantitative estimate of drug-likeness (QED) is 0.895. The fourth-order valence-electron chi connectivity index (χ4n) is 2.13. The van der Waals surface area contributed by atoms with Crippen LogP contribution in [0.5, 0.6) is 0 Å². The Balaban J connectivity index is 2.05. The minimum Gasteiger partial charge on any atom is -0.377 e. The molecule has 0 saturated carbocycles. The lowest BCUT2D eigenvalue weighted by Crippen LogP contribution is -2.53. The summed E-state index contributed by atoms with van der Waals surface area (Å²) in [5.41, 5.74) is 1.07. The van der Waals surface area contributed by atoms with E-state index in [2.05, 4.69) is 47.9 Å². The predicted octanol–water partition coefficient (Wildman–Crippen LogP) is 1.59. The van der Waals surface area contributed by atoms with Crippen molar-refractivity contribution < 1.29 is 4.74 Å². The van der Waals surface area contributed by atoms with E-state index in [9.17, 15) is 0 Å². The third-order valence-electron chi connectivity index (χ3n) is 3.29. The Hall–Kier alpha value is -1.20. The van der Waals surface area contributed by atoms with Crippen molar-refractivity contribution >= 4 is 5.95 Å². The maximum atomic E-state index is 5.52. The van der Waals surface area contributed by atoms with E-state index in [1.807, 2.05) is 12.4 Å². The van der Waals surface area contributed by atoms with Crippen LogP contribution in [0, 0.1) is 0 Å². The SMILES string of the molecule is CC(C)NCc1cnc(N2CCOCC2(C)C)nc1. The van der Waals surface area contributed by atoms with Gasteiger partial charge < -0.3 is 15.0 Å². The van der Waals surface area contributed by atoms with Crippen LogP contribution >= 0.6 is 0 Å². The van der Waals surface area contributed by atoms with Gasteiger partial charge in [0.05, 0.1) is 18.8 Å². The third kappa shape index (κ3) is 3.64. The molecular formula is C14H24N4O. The molecule has 0 aromatic carbocycles. The van der Waals surface area contributed by atoms with Crippen LogP contribution in [0.25, 0.3) is 0 Å². The van der Waals surface area contributed by atoms with Crippen LogP contribution in [0.1, 0.15) is 33.3 Å². The minimum atomic E-state index is -0.0457. The first kappa shape index (κ1) is 14.2. The van der Waals surface area contributed by atoms with Gasteiger partial charge in [-0.15, -0.1) is 0 Å². The molecule has 0 bridgehead atoms. The molecule has 1 N–H and O–H groups in total. The number of nitrogens with zero attached hydrogens (tertiary/aromatic N) is 3. The zero-order chi connectivity index (χ0) is 13.9. The van der Waals surface area contributed by atoms with Crippen LogP contribution in [-0.4, -0.2) is 41.3 Å². The normalized spacial score (nSPS) is 18.9. The van der Waals surface area contributed by atoms with Gasteiger partial charge >= 0.3 is 0 Å². The summed E-state index contributed by atoms with van der Waals surface area (Å²) in [4.78, 5) is 11.2. The lowest BCUT2D eigenvalue weighted by Gasteiger charge is -2.42. The first-order chi connectivity index (χ1) is 8.99. The first-order valence-electron chi connectivity index (χ1n) is 6.89. The highest BCUT2D eigenvalue weighted by atomic mass is 16.5. The number of hydrogen-bond donors (Lipinski definition) is 1. The van der Waals surface area contributed by atoms with Gasteiger partial charge in [-0.3, -0.25) is 0 Å². The highest BCUT2D eigenvalue weighted by Gasteiger charge is 2.32. The molecule has 0 unspecified atom stereocenters. The molecule has 0 aliphatic carbocycles. The standard InChI is InChI=1S/C14H24N4O/c1-11(2)15-7-12-8-16-13(17-9-12)18-5-6-19-10-14(18,3)4/h8-9,11,15H,5-7,10H2,1-4H3. The maximum absolute atomic E-state index is 5.52. The Morgan fingerprint density at radius 2 is 2.05 bits per heavy atom. The van der Waals surface area contributed by atoms with Crippen LogP contribution in [0.2, 0.25) is 0 Å². The summed E-state index contributed by atoms with van der Waals surface area (Å²) >= 11 is 0. The van der Waals surface area contributed by atoms with Crippen LogP contribution in [0.3, 0.4) is 0 Å². The molecule has 0 radical (unpaired) electrons. The van der Waals surface area contributed by atoms with Crippen molar-refractivity contribution in [2.24, 2.45) is 0 Å². The fourth-order valence-corrected chi connectivity index (χ4v) is 2.13. The summed E-state index contributed by atoms with van der Waals surface area (Å²) in [5.74, 6) is 0.793. The monoisotopic (exact) mass is 264 g/mol. The van der Waals surface area contributed by atoms with Gasteiger partial charge in [-0.1, -0.05) is 13.8 Å². The number of aromatic nitrogens is 2. The lowest BCUT2D eigenvalue weighted by atomic mass is 10.0. The molecular weight excluding hydrogens is 240 g/mol. The third-order valence-corrected chi connectivity index (χ3v) is 3.29. The smallest absolute Gasteiger partial charge is 0.225 e. The molecule has 1 aromatic rings. The highest BCUT2D eigenvalue weighted by Crippen LogP contribution is 2.23. The van der Waals surface area contributed by atoms with E-state index in [1.54, 1.807) is 0 Å². The van der Waals surface area contributed by atoms with E-state index >= 15 is 0 Å². The summed E-state index contributed by atoms with van der Waals surface area (Å²) in [6.07, 6.45) is 3.81. The van der Waals surface area contributed by atoms with Crippen molar-refractivity contribution in [1.29, 1.82) is 0 Å². The molecule has 2 heterocycles. The lowest BCUT2D eigenvalue weighted by molar-refractivity contribution is 0.0634. The molecule has 0 amide bonds. The highest BCUT2D eigenvalue weighted by molar-refractivity contribution is 5.35. The molecule has 5 heteroatoms. The largest absolute Gasteiger partial charge is 0.377 e. The van der Waals surface area contributed by atoms with Gasteiger partial charge in [-0.25, -0.2) is 9.97 Å². The number of anilines is 1. The zero-order valence-corrected chi connectivity index (χ0v) is 12.3. The molecule has 1 aliphatic rings. The van der Waals surface area contributed by atoms with Gasteiger partial charge in [-0.05, 0) is 13.8 Å². The maximum Gasteiger partial charge on any atom is 0.225 e. The average molecular weight is 264 g/mol. The molecule has 0 atom stereocenters. The Morgan fingerprint density at radius 1 is 1.37 bits per heavy atom. The van der Waals surface area contributed by atoms with Crippen LogP contribution < -0.4 is 10.2 Å². The molecule has 5 nitrogen and oxygen atoms in total. The molecule has 2 rings (SSSR count). The molecule has 1 saturated heterocycles. The number of hydrogen-bond acceptors (Lipinski definition) is 5. The summed E-state index contributed by atoms with van der Waals surface area (Å²) in [6, 6.07) is 0.470. The van der Waals surface area contributed by atoms with E-state index in [0.717, 1.165) is 31.2 Å². The summed E-state index contributed by atoms with van der Waals surface area (Å²) in [5, 5.41) is 3.36. The van der Waals surface area contributed by atoms with E-state index in [1.165, 1.54) is 0 Å². The minimum absolute atomic E-state index is 0.0457. The first-order valence-corrected chi connectivity index (χ1v) is 6.89. The van der Waals surface area contributed by atoms with E-state index < -0.39 is 0 Å². The Labute approximate surface area is 115 Å². The van der Waals surface area contributed by atoms with Gasteiger partial charge in [0.2, 0.25) is 5.95 Å². The topological polar surface area (TPSA) is 50.3 Å². The van der Waals surface area contributed by atoms with Crippen LogP contribution in [0.15, 0.2) is 12.4 Å². The number of rotatable bonds is 4. The summed E-state index contributed by atoms with van der Waals surface area (Å²) in [6.45, 7) is 11.7. The Morgan fingerprint density at radius 3 is 2.63 bits per heavy atom. The van der Waals surface area contributed by atoms with Crippen LogP contribution in [0.4, 0.5) is 5.95 Å². The second-order valence-corrected chi connectivity index (χ2v) is 5.94. The van der Waals surface area contributed by atoms with Crippen molar-refractivity contribution in [2.75, 3.05) is 24.7 Å². The van der Waals surface area contributed by atoms with Crippen molar-refractivity contribution in [3.63, 3.8) is 0 Å². The second kappa shape index (κ2) is 5.84. The molecule has 1 aromatic heterocycles. The fraction of sp³-hybridized carbons (Fsp3) is 0.714. The van der Waals surface area contributed by atoms with Crippen molar-refractivity contribution in [3.05, 3.63) is 18.0 Å². The van der Waals surface area contributed by atoms with Gasteiger partial charge in [0.1, 0.15) is 0 Å². The summed E-state index contributed by atoms with van der Waals surface area (Å²) in [7, 11) is 0. The average Bonchev–Trinajstić information content (AvgIpc) is 2.37. The zero-order valence-electron chi connectivity index (χ0n) is 12.3. The molecule has 1 aliphatic heterocycles. The van der Waals surface area contributed by atoms with Crippen molar-refractivity contribution in [1.82, 2.24) is 15.3 Å². The Kier molecular flexibility index (Phi) is 4.37. The molecule has 0 spiro atoms. The number of ether oxygens (including phenoxy) is 1. The van der Waals surface area contributed by atoms with Gasteiger partial charge in [0.25, 0.3) is 0 Å². The number of morpholine rings is 1. The second-order valence-electron chi connectivity index (χ2n) is 5.94. The summed E-state index contributed by atoms with van der Waals surface area (Å²) < 4.78 is 5.52. The predicted molar refractivity (Wildman–Crippen MR) is 76.3 cm³/mol. The van der Waals surface area contributed by atoms with Crippen molar-refractivity contribution in [2.45, 2.75) is 45.8 Å². The van der Waals surface area contributed by atoms with Crippen molar-refractivity contribution in [3.8, 4) is 0 Å². The van der Waals surface area contributed by atoms with Gasteiger partial charge in [0.15, 0.2) is 0 Å². The Bertz CT molecular complexity index is 402. The van der Waals surface area contributed by atoms with E-state index in [4.69, 9.17) is 4.74 Å². The van der Waals surface area contributed by atoms with E-state index in [0.29, 0.717) is 12.6 Å². The molecule has 1 fully saturated rings.